The van der Waals surface area contributed by atoms with E-state index in [4.69, 9.17) is 6.57 Å². The van der Waals surface area contributed by atoms with E-state index in [1.54, 1.807) is 12.1 Å². The van der Waals surface area contributed by atoms with Crippen molar-refractivity contribution in [3.05, 3.63) is 76.6 Å². The minimum Gasteiger partial charge on any atom is -0.465 e. The number of hydrogen-bond acceptors (Lipinski definition) is 4. The number of benzene rings is 2. The third-order valence-electron chi connectivity index (χ3n) is 3.35. The second kappa shape index (κ2) is 6.63. The van der Waals surface area contributed by atoms with Crippen molar-refractivity contribution in [1.29, 1.82) is 0 Å². The van der Waals surface area contributed by atoms with Gasteiger partial charge in [-0.25, -0.2) is 19.8 Å². The Morgan fingerprint density at radius 1 is 1.17 bits per heavy atom. The van der Waals surface area contributed by atoms with Crippen LogP contribution in [0.3, 0.4) is 0 Å². The van der Waals surface area contributed by atoms with Crippen molar-refractivity contribution < 1.29 is 17.9 Å². The van der Waals surface area contributed by atoms with Gasteiger partial charge < -0.3 is 4.74 Å². The van der Waals surface area contributed by atoms with Gasteiger partial charge in [0.05, 0.1) is 23.1 Å². The Balaban J connectivity index is 2.49. The van der Waals surface area contributed by atoms with Gasteiger partial charge in [0.25, 0.3) is 9.84 Å². The van der Waals surface area contributed by atoms with Crippen molar-refractivity contribution in [3.63, 3.8) is 0 Å². The summed E-state index contributed by atoms with van der Waals surface area (Å²) in [6.45, 7) is 9.15. The molecule has 0 aromatic heterocycles. The average Bonchev–Trinajstić information content (AvgIpc) is 2.55. The lowest BCUT2D eigenvalue weighted by molar-refractivity contribution is 0.0600. The van der Waals surface area contributed by atoms with Gasteiger partial charge in [-0.15, -0.1) is 0 Å². The molecule has 0 unspecified atom stereocenters. The number of sulfone groups is 1. The first kappa shape index (κ1) is 16.7. The molecular weight excluding hydrogens is 314 g/mol. The van der Waals surface area contributed by atoms with Crippen LogP contribution >= 0.6 is 0 Å². The molecule has 2 aromatic carbocycles. The number of aryl methyl sites for hydroxylation is 1. The largest absolute Gasteiger partial charge is 0.465 e. The molecule has 0 radical (unpaired) electrons. The fraction of sp³-hybridized carbons (Fsp3) is 0.176. The molecule has 0 aliphatic carbocycles. The maximum Gasteiger partial charge on any atom is 0.350 e. The predicted octanol–water partition coefficient (Wildman–Crippen LogP) is 3.17. The molecule has 23 heavy (non-hydrogen) atoms. The molecule has 0 N–H and O–H groups in total. The number of nitrogens with zero attached hydrogens (tertiary/aromatic N) is 1. The molecule has 5 nitrogen and oxygen atoms in total. The summed E-state index contributed by atoms with van der Waals surface area (Å²) in [4.78, 5) is 14.9. The Morgan fingerprint density at radius 2 is 1.83 bits per heavy atom. The standard InChI is InChI=1S/C17H15NO4S/c1-12-7-9-15(10-8-12)23(20,21)16(18-2)13-5-4-6-14(11-13)17(19)22-3/h4-11,16H,1,3H3/t16-/m0/s1. The third-order valence-corrected chi connectivity index (χ3v) is 5.25. The van der Waals surface area contributed by atoms with E-state index in [1.807, 2.05) is 6.92 Å². The molecule has 1 atom stereocenters. The van der Waals surface area contributed by atoms with Gasteiger partial charge in [-0.2, -0.15) is 0 Å². The highest BCUT2D eigenvalue weighted by molar-refractivity contribution is 7.91. The summed E-state index contributed by atoms with van der Waals surface area (Å²) in [5, 5.41) is -1.41. The normalized spacial score (nSPS) is 12.2. The monoisotopic (exact) mass is 329 g/mol. The molecule has 0 spiro atoms. The van der Waals surface area contributed by atoms with E-state index in [1.165, 1.54) is 43.5 Å². The summed E-state index contributed by atoms with van der Waals surface area (Å²) in [6.07, 6.45) is 0. The van der Waals surface area contributed by atoms with Gasteiger partial charge in [0.15, 0.2) is 0 Å². The van der Waals surface area contributed by atoms with Crippen LogP contribution in [0.5, 0.6) is 0 Å². The zero-order valence-corrected chi connectivity index (χ0v) is 13.5. The van der Waals surface area contributed by atoms with Crippen molar-refractivity contribution in [3.8, 4) is 0 Å². The Kier molecular flexibility index (Phi) is 4.82. The second-order valence-corrected chi connectivity index (χ2v) is 6.96. The Morgan fingerprint density at radius 3 is 2.39 bits per heavy atom. The van der Waals surface area contributed by atoms with Gasteiger partial charge in [-0.05, 0) is 31.2 Å². The van der Waals surface area contributed by atoms with Crippen molar-refractivity contribution in [2.45, 2.75) is 17.2 Å². The summed E-state index contributed by atoms with van der Waals surface area (Å²) >= 11 is 0. The maximum absolute atomic E-state index is 12.7. The van der Waals surface area contributed by atoms with Crippen LogP contribution < -0.4 is 0 Å². The number of carbonyl (C=O) groups is 1. The summed E-state index contributed by atoms with van der Waals surface area (Å²) in [7, 11) is -2.64. The third kappa shape index (κ3) is 3.41. The van der Waals surface area contributed by atoms with Gasteiger partial charge in [0.1, 0.15) is 0 Å². The van der Waals surface area contributed by atoms with Gasteiger partial charge in [-0.3, -0.25) is 4.85 Å². The minimum atomic E-state index is -3.88. The van der Waals surface area contributed by atoms with Crippen molar-refractivity contribution in [2.75, 3.05) is 7.11 Å². The van der Waals surface area contributed by atoms with Crippen LogP contribution in [0.1, 0.15) is 26.9 Å². The molecule has 0 bridgehead atoms. The highest BCUT2D eigenvalue weighted by atomic mass is 32.2. The lowest BCUT2D eigenvalue weighted by atomic mass is 10.1. The van der Waals surface area contributed by atoms with E-state index < -0.39 is 21.2 Å². The molecule has 0 saturated heterocycles. The Hall–Kier alpha value is -2.65. The average molecular weight is 329 g/mol. The molecular formula is C17H15NO4S. The zero-order valence-electron chi connectivity index (χ0n) is 12.7. The second-order valence-electron chi connectivity index (χ2n) is 4.96. The SMILES string of the molecule is [C-]#[N+][C@H](c1cccc(C(=O)OC)c1)S(=O)(=O)c1ccc(C)cc1. The van der Waals surface area contributed by atoms with E-state index in [9.17, 15) is 13.2 Å². The lowest BCUT2D eigenvalue weighted by Gasteiger charge is -2.09. The van der Waals surface area contributed by atoms with Gasteiger partial charge in [0, 0.05) is 0 Å². The molecule has 2 aromatic rings. The number of esters is 1. The van der Waals surface area contributed by atoms with E-state index in [2.05, 4.69) is 9.58 Å². The molecule has 0 aliphatic heterocycles. The Bertz CT molecular complexity index is 864. The fourth-order valence-electron chi connectivity index (χ4n) is 2.12. The molecule has 0 aliphatic rings. The summed E-state index contributed by atoms with van der Waals surface area (Å²) in [5.41, 5.74) is 1.37. The Labute approximate surface area is 135 Å². The van der Waals surface area contributed by atoms with Crippen LogP contribution in [0.25, 0.3) is 4.85 Å². The van der Waals surface area contributed by atoms with E-state index in [0.717, 1.165) is 5.56 Å². The van der Waals surface area contributed by atoms with Gasteiger partial charge >= 0.3 is 11.3 Å². The fourth-order valence-corrected chi connectivity index (χ4v) is 3.53. The number of ether oxygens (including phenoxy) is 1. The minimum absolute atomic E-state index is 0.0765. The molecule has 118 valence electrons. The van der Waals surface area contributed by atoms with Crippen molar-refractivity contribution >= 4 is 15.8 Å². The van der Waals surface area contributed by atoms with E-state index in [-0.39, 0.29) is 16.0 Å². The molecule has 6 heteroatoms. The molecule has 0 amide bonds. The maximum atomic E-state index is 12.7. The van der Waals surface area contributed by atoms with Crippen LogP contribution in [0, 0.1) is 13.5 Å². The first-order valence-electron chi connectivity index (χ1n) is 6.75. The number of hydrogen-bond donors (Lipinski definition) is 0. The van der Waals surface area contributed by atoms with Crippen molar-refractivity contribution in [2.24, 2.45) is 0 Å². The summed E-state index contributed by atoms with van der Waals surface area (Å²) in [5.74, 6) is -0.580. The smallest absolute Gasteiger partial charge is 0.350 e. The summed E-state index contributed by atoms with van der Waals surface area (Å²) in [6, 6.07) is 12.2. The molecule has 0 saturated carbocycles. The van der Waals surface area contributed by atoms with Crippen molar-refractivity contribution in [1.82, 2.24) is 0 Å². The van der Waals surface area contributed by atoms with Gasteiger partial charge in [0.2, 0.25) is 0 Å². The summed E-state index contributed by atoms with van der Waals surface area (Å²) < 4.78 is 30.0. The first-order chi connectivity index (χ1) is 10.9. The number of carbonyl (C=O) groups excluding carboxylic acids is 1. The predicted molar refractivity (Wildman–Crippen MR) is 85.5 cm³/mol. The van der Waals surface area contributed by atoms with Crippen LogP contribution in [0.2, 0.25) is 0 Å². The molecule has 2 rings (SSSR count). The van der Waals surface area contributed by atoms with Crippen LogP contribution in [0.4, 0.5) is 0 Å². The van der Waals surface area contributed by atoms with E-state index >= 15 is 0 Å². The number of rotatable bonds is 4. The van der Waals surface area contributed by atoms with Gasteiger partial charge in [-0.1, -0.05) is 29.8 Å². The van der Waals surface area contributed by atoms with E-state index in [0.29, 0.717) is 0 Å². The van der Waals surface area contributed by atoms with Crippen LogP contribution in [-0.4, -0.2) is 21.5 Å². The quantitative estimate of drug-likeness (QED) is 0.638. The molecule has 0 fully saturated rings. The first-order valence-corrected chi connectivity index (χ1v) is 8.30. The van der Waals surface area contributed by atoms with Crippen LogP contribution in [0.15, 0.2) is 53.4 Å². The highest BCUT2D eigenvalue weighted by Crippen LogP contribution is 2.31. The molecule has 0 heterocycles. The van der Waals surface area contributed by atoms with Crippen LogP contribution in [-0.2, 0) is 14.6 Å². The zero-order chi connectivity index (χ0) is 17.0. The topological polar surface area (TPSA) is 64.8 Å². The highest BCUT2D eigenvalue weighted by Gasteiger charge is 2.34. The number of methoxy groups -OCH3 is 1. The lowest BCUT2D eigenvalue weighted by Crippen LogP contribution is -2.12.